The van der Waals surface area contributed by atoms with Crippen molar-refractivity contribution in [3.63, 3.8) is 0 Å². The zero-order valence-corrected chi connectivity index (χ0v) is 11.9. The average Bonchev–Trinajstić information content (AvgIpc) is 1.14. The van der Waals surface area contributed by atoms with Crippen LogP contribution in [0.4, 0.5) is 0 Å². The second-order valence-corrected chi connectivity index (χ2v) is 14.0. The Labute approximate surface area is 81.4 Å². The van der Waals surface area contributed by atoms with Crippen LogP contribution in [-0.4, -0.2) is 16.5 Å². The summed E-state index contributed by atoms with van der Waals surface area (Å²) < 4.78 is 4.82. The Hall–Kier alpha value is 1.08. The molecule has 0 saturated carbocycles. The molecular weight excluding hydrogens is 238 g/mol. The molecule has 0 rings (SSSR count). The van der Waals surface area contributed by atoms with E-state index in [1.54, 1.807) is 0 Å². The number of hydrogen-bond acceptors (Lipinski definition) is 0. The third-order valence-corrected chi connectivity index (χ3v) is 6.04. The number of rotatable bonds is 2. The molecule has 62 valence electrons. The molecular formula is C6H18MoNSi2-. The van der Waals surface area contributed by atoms with E-state index in [0.29, 0.717) is 0 Å². The first-order valence-corrected chi connectivity index (χ1v) is 10.3. The maximum Gasteiger partial charge on any atom is 0 e. The summed E-state index contributed by atoms with van der Waals surface area (Å²) in [4.78, 5) is 0. The molecule has 0 heterocycles. The Morgan fingerprint density at radius 1 is 0.700 bits per heavy atom. The maximum atomic E-state index is 4.82. The van der Waals surface area contributed by atoms with Crippen molar-refractivity contribution in [1.29, 1.82) is 0 Å². The normalized spacial score (nSPS) is 12.6. The fraction of sp³-hybridized carbons (Fsp3) is 1.00. The van der Waals surface area contributed by atoms with E-state index in [1.807, 2.05) is 0 Å². The van der Waals surface area contributed by atoms with Crippen molar-refractivity contribution in [2.45, 2.75) is 39.3 Å². The van der Waals surface area contributed by atoms with Crippen LogP contribution in [-0.2, 0) is 21.1 Å². The molecule has 1 nitrogen and oxygen atoms in total. The van der Waals surface area contributed by atoms with E-state index in [2.05, 4.69) is 39.3 Å². The van der Waals surface area contributed by atoms with Crippen LogP contribution in [0.3, 0.4) is 0 Å². The van der Waals surface area contributed by atoms with Crippen molar-refractivity contribution in [2.24, 2.45) is 0 Å². The van der Waals surface area contributed by atoms with E-state index < -0.39 is 16.5 Å². The third kappa shape index (κ3) is 11.8. The van der Waals surface area contributed by atoms with Gasteiger partial charge in [-0.3, -0.25) is 0 Å². The molecule has 0 aliphatic carbocycles. The van der Waals surface area contributed by atoms with Gasteiger partial charge in [0, 0.05) is 21.1 Å². The van der Waals surface area contributed by atoms with Gasteiger partial charge in [0.25, 0.3) is 0 Å². The predicted octanol–water partition coefficient (Wildman–Crippen LogP) is 3.03. The maximum absolute atomic E-state index is 4.82. The molecule has 0 saturated heterocycles. The van der Waals surface area contributed by atoms with Gasteiger partial charge in [-0.2, -0.15) is 0 Å². The van der Waals surface area contributed by atoms with Crippen LogP contribution in [0, 0.1) is 0 Å². The molecule has 4 heteroatoms. The first-order valence-electron chi connectivity index (χ1n) is 3.45. The monoisotopic (exact) mass is 258 g/mol. The topological polar surface area (TPSA) is 14.1 Å². The number of nitrogens with zero attached hydrogens (tertiary/aromatic N) is 1. The zero-order chi connectivity index (χ0) is 7.71. The molecule has 0 aromatic carbocycles. The van der Waals surface area contributed by atoms with Gasteiger partial charge in [0.1, 0.15) is 0 Å². The zero-order valence-electron chi connectivity index (χ0n) is 7.86. The van der Waals surface area contributed by atoms with Crippen molar-refractivity contribution in [1.82, 2.24) is 0 Å². The number of hydrogen-bond donors (Lipinski definition) is 0. The van der Waals surface area contributed by atoms with E-state index in [0.717, 1.165) is 0 Å². The van der Waals surface area contributed by atoms with E-state index in [-0.39, 0.29) is 21.1 Å². The summed E-state index contributed by atoms with van der Waals surface area (Å²) in [5.74, 6) is 0. The van der Waals surface area contributed by atoms with Crippen LogP contribution >= 0.6 is 0 Å². The van der Waals surface area contributed by atoms with E-state index >= 15 is 0 Å². The standard InChI is InChI=1S/C6H18NSi2.Mo/c1-8(2,3)7-9(4,5)6;/h1-6H3;/q-1;. The van der Waals surface area contributed by atoms with Gasteiger partial charge in [-0.05, 0) is 0 Å². The van der Waals surface area contributed by atoms with Crippen molar-refractivity contribution in [2.75, 3.05) is 0 Å². The summed E-state index contributed by atoms with van der Waals surface area (Å²) in [7, 11) is -2.21. The fourth-order valence-corrected chi connectivity index (χ4v) is 9.06. The quantitative estimate of drug-likeness (QED) is 0.674. The van der Waals surface area contributed by atoms with Crippen molar-refractivity contribution in [3.8, 4) is 0 Å². The smallest absolute Gasteiger partial charge is 0 e. The second kappa shape index (κ2) is 4.19. The van der Waals surface area contributed by atoms with Crippen molar-refractivity contribution >= 4 is 16.5 Å². The molecule has 0 fully saturated rings. The largest absolute Gasteiger partial charge is 0.668 e. The van der Waals surface area contributed by atoms with Crippen molar-refractivity contribution in [3.05, 3.63) is 4.65 Å². The molecule has 0 aliphatic rings. The van der Waals surface area contributed by atoms with Crippen LogP contribution in [0.15, 0.2) is 0 Å². The molecule has 0 atom stereocenters. The summed E-state index contributed by atoms with van der Waals surface area (Å²) in [6, 6.07) is 0. The molecule has 0 amide bonds. The minimum Gasteiger partial charge on any atom is -0.668 e. The predicted molar refractivity (Wildman–Crippen MR) is 50.1 cm³/mol. The summed E-state index contributed by atoms with van der Waals surface area (Å²) in [6.07, 6.45) is 0. The van der Waals surface area contributed by atoms with Crippen LogP contribution in [0.5, 0.6) is 0 Å². The Bertz CT molecular complexity index is 80.9. The van der Waals surface area contributed by atoms with Gasteiger partial charge in [-0.15, -0.1) is 0 Å². The van der Waals surface area contributed by atoms with Gasteiger partial charge in [-0.25, -0.2) is 0 Å². The summed E-state index contributed by atoms with van der Waals surface area (Å²) in [5, 5.41) is 0. The molecule has 0 spiro atoms. The molecule has 0 aliphatic heterocycles. The molecule has 0 unspecified atom stereocenters. The van der Waals surface area contributed by atoms with Crippen molar-refractivity contribution < 1.29 is 21.1 Å². The third-order valence-electron chi connectivity index (χ3n) is 0.671. The molecule has 0 bridgehead atoms. The van der Waals surface area contributed by atoms with Gasteiger partial charge in [0.2, 0.25) is 0 Å². The molecule has 0 aromatic rings. The molecule has 10 heavy (non-hydrogen) atoms. The molecule has 0 N–H and O–H groups in total. The first-order chi connectivity index (χ1) is 3.71. The SMILES string of the molecule is C[Si](C)(C)[N-][Si](C)(C)C.[Mo]. The van der Waals surface area contributed by atoms with Gasteiger partial charge in [-0.1, -0.05) is 55.8 Å². The Balaban J connectivity index is 0. The van der Waals surface area contributed by atoms with E-state index in [4.69, 9.17) is 4.65 Å². The van der Waals surface area contributed by atoms with Gasteiger partial charge in [0.15, 0.2) is 0 Å². The second-order valence-electron chi connectivity index (χ2n) is 4.45. The Morgan fingerprint density at radius 3 is 0.900 bits per heavy atom. The minimum absolute atomic E-state index is 0. The van der Waals surface area contributed by atoms with Crippen LogP contribution in [0.2, 0.25) is 39.3 Å². The van der Waals surface area contributed by atoms with E-state index in [9.17, 15) is 0 Å². The summed E-state index contributed by atoms with van der Waals surface area (Å²) in [5.41, 5.74) is 0. The van der Waals surface area contributed by atoms with Crippen LogP contribution in [0.1, 0.15) is 0 Å². The molecule has 0 radical (unpaired) electrons. The van der Waals surface area contributed by atoms with E-state index in [1.165, 1.54) is 0 Å². The summed E-state index contributed by atoms with van der Waals surface area (Å²) >= 11 is 0. The van der Waals surface area contributed by atoms with Gasteiger partial charge >= 0.3 is 0 Å². The van der Waals surface area contributed by atoms with Crippen LogP contribution < -0.4 is 0 Å². The van der Waals surface area contributed by atoms with Gasteiger partial charge in [0.05, 0.1) is 0 Å². The molecule has 0 aromatic heterocycles. The van der Waals surface area contributed by atoms with Crippen LogP contribution in [0.25, 0.3) is 4.65 Å². The fourth-order valence-electron chi connectivity index (χ4n) is 1.01. The first kappa shape index (κ1) is 13.7. The Kier molecular flexibility index (Phi) is 5.73. The summed E-state index contributed by atoms with van der Waals surface area (Å²) in [6.45, 7) is 13.8. The average molecular weight is 256 g/mol. The Morgan fingerprint density at radius 2 is 0.900 bits per heavy atom. The van der Waals surface area contributed by atoms with Gasteiger partial charge < -0.3 is 4.65 Å². The minimum atomic E-state index is -1.11.